The van der Waals surface area contributed by atoms with Crippen molar-refractivity contribution in [1.29, 1.82) is 0 Å². The van der Waals surface area contributed by atoms with Crippen molar-refractivity contribution in [2.24, 2.45) is 5.92 Å². The fourth-order valence-electron chi connectivity index (χ4n) is 2.34. The number of nitrogens with zero attached hydrogens (tertiary/aromatic N) is 3. The van der Waals surface area contributed by atoms with Crippen LogP contribution in [-0.2, 0) is 0 Å². The molecule has 0 amide bonds. The van der Waals surface area contributed by atoms with Gasteiger partial charge < -0.3 is 10.6 Å². The number of anilines is 2. The number of pyridine rings is 1. The molecule has 1 aliphatic heterocycles. The zero-order valence-electron chi connectivity index (χ0n) is 11.5. The first kappa shape index (κ1) is 13.1. The number of hydrogen-bond donors (Lipinski definition) is 1. The van der Waals surface area contributed by atoms with Crippen molar-refractivity contribution in [3.8, 4) is 0 Å². The number of nitrogens with two attached hydrogens (primary N) is 1. The highest BCUT2D eigenvalue weighted by atomic mass is 15.3. The molecular weight excluding hydrogens is 224 g/mol. The molecule has 0 aliphatic carbocycles. The van der Waals surface area contributed by atoms with Crippen LogP contribution in [0.15, 0.2) is 18.5 Å². The minimum Gasteiger partial charge on any atom is -0.396 e. The average molecular weight is 248 g/mol. The third-order valence-corrected chi connectivity index (χ3v) is 3.56. The predicted molar refractivity (Wildman–Crippen MR) is 76.8 cm³/mol. The molecule has 1 aliphatic rings. The van der Waals surface area contributed by atoms with Gasteiger partial charge in [0.2, 0.25) is 0 Å². The van der Waals surface area contributed by atoms with Crippen LogP contribution in [0.2, 0.25) is 0 Å². The van der Waals surface area contributed by atoms with Gasteiger partial charge in [0.05, 0.1) is 17.6 Å². The van der Waals surface area contributed by atoms with Crippen molar-refractivity contribution < 1.29 is 0 Å². The second-order valence-electron chi connectivity index (χ2n) is 5.45. The Morgan fingerprint density at radius 2 is 2.00 bits per heavy atom. The van der Waals surface area contributed by atoms with Crippen LogP contribution in [0.5, 0.6) is 0 Å². The van der Waals surface area contributed by atoms with Crippen LogP contribution in [0.3, 0.4) is 0 Å². The molecule has 1 fully saturated rings. The summed E-state index contributed by atoms with van der Waals surface area (Å²) in [5.74, 6) is 0.791. The van der Waals surface area contributed by atoms with Gasteiger partial charge in [-0.05, 0) is 24.9 Å². The molecule has 0 radical (unpaired) electrons. The van der Waals surface area contributed by atoms with E-state index in [9.17, 15) is 0 Å². The van der Waals surface area contributed by atoms with E-state index in [4.69, 9.17) is 5.73 Å². The molecule has 0 unspecified atom stereocenters. The maximum atomic E-state index is 5.97. The van der Waals surface area contributed by atoms with Crippen LogP contribution < -0.4 is 10.6 Å². The Bertz CT molecular complexity index is 370. The van der Waals surface area contributed by atoms with Crippen LogP contribution in [-0.4, -0.2) is 42.6 Å². The van der Waals surface area contributed by atoms with Crippen molar-refractivity contribution in [3.63, 3.8) is 0 Å². The fourth-order valence-corrected chi connectivity index (χ4v) is 2.34. The molecule has 1 saturated heterocycles. The zero-order chi connectivity index (χ0) is 13.0. The van der Waals surface area contributed by atoms with E-state index in [0.717, 1.165) is 43.5 Å². The molecule has 2 rings (SSSR count). The van der Waals surface area contributed by atoms with Crippen LogP contribution >= 0.6 is 0 Å². The van der Waals surface area contributed by atoms with Gasteiger partial charge in [0.1, 0.15) is 0 Å². The lowest BCUT2D eigenvalue weighted by atomic mass is 10.1. The summed E-state index contributed by atoms with van der Waals surface area (Å²) < 4.78 is 0. The standard InChI is InChI=1S/C14H24N4/c1-12(2)4-6-17-7-9-18(10-8-17)14-3-5-16-11-13(14)15/h3,5,11-12H,4,6-10,15H2,1-2H3. The highest BCUT2D eigenvalue weighted by Crippen LogP contribution is 2.22. The lowest BCUT2D eigenvalue weighted by molar-refractivity contribution is 0.244. The molecule has 0 bridgehead atoms. The van der Waals surface area contributed by atoms with Crippen molar-refractivity contribution in [3.05, 3.63) is 18.5 Å². The van der Waals surface area contributed by atoms with Gasteiger partial charge in [-0.3, -0.25) is 9.88 Å². The number of rotatable bonds is 4. The highest BCUT2D eigenvalue weighted by molar-refractivity contribution is 5.66. The molecule has 18 heavy (non-hydrogen) atoms. The van der Waals surface area contributed by atoms with E-state index in [1.165, 1.54) is 13.0 Å². The number of piperazine rings is 1. The van der Waals surface area contributed by atoms with Gasteiger partial charge in [-0.25, -0.2) is 0 Å². The van der Waals surface area contributed by atoms with Gasteiger partial charge >= 0.3 is 0 Å². The van der Waals surface area contributed by atoms with Crippen LogP contribution in [0.1, 0.15) is 20.3 Å². The topological polar surface area (TPSA) is 45.4 Å². The first-order valence-electron chi connectivity index (χ1n) is 6.83. The van der Waals surface area contributed by atoms with Crippen LogP contribution in [0.25, 0.3) is 0 Å². The van der Waals surface area contributed by atoms with E-state index in [0.29, 0.717) is 0 Å². The van der Waals surface area contributed by atoms with Crippen molar-refractivity contribution in [1.82, 2.24) is 9.88 Å². The first-order chi connectivity index (χ1) is 8.66. The summed E-state index contributed by atoms with van der Waals surface area (Å²) in [5.41, 5.74) is 7.88. The molecule has 2 heterocycles. The summed E-state index contributed by atoms with van der Waals surface area (Å²) in [7, 11) is 0. The van der Waals surface area contributed by atoms with E-state index in [-0.39, 0.29) is 0 Å². The molecule has 0 aromatic carbocycles. The Morgan fingerprint density at radius 3 is 2.61 bits per heavy atom. The lowest BCUT2D eigenvalue weighted by Crippen LogP contribution is -2.47. The molecule has 0 saturated carbocycles. The summed E-state index contributed by atoms with van der Waals surface area (Å²) in [5, 5.41) is 0. The Kier molecular flexibility index (Phi) is 4.42. The van der Waals surface area contributed by atoms with E-state index in [2.05, 4.69) is 28.6 Å². The summed E-state index contributed by atoms with van der Waals surface area (Å²) >= 11 is 0. The Balaban J connectivity index is 1.85. The predicted octanol–water partition coefficient (Wildman–Crippen LogP) is 1.83. The first-order valence-corrected chi connectivity index (χ1v) is 6.83. The molecule has 1 aromatic rings. The van der Waals surface area contributed by atoms with Gasteiger partial charge in [-0.1, -0.05) is 13.8 Å². The van der Waals surface area contributed by atoms with Crippen LogP contribution in [0, 0.1) is 5.92 Å². The minimum absolute atomic E-state index is 0.785. The third kappa shape index (κ3) is 3.35. The smallest absolute Gasteiger partial charge is 0.0738 e. The fraction of sp³-hybridized carbons (Fsp3) is 0.643. The summed E-state index contributed by atoms with van der Waals surface area (Å²) in [6.07, 6.45) is 4.84. The number of hydrogen-bond acceptors (Lipinski definition) is 4. The largest absolute Gasteiger partial charge is 0.396 e. The summed E-state index contributed by atoms with van der Waals surface area (Å²) in [4.78, 5) is 8.95. The Morgan fingerprint density at radius 1 is 1.28 bits per heavy atom. The normalized spacial score (nSPS) is 17.4. The summed E-state index contributed by atoms with van der Waals surface area (Å²) in [6.45, 7) is 10.2. The van der Waals surface area contributed by atoms with E-state index < -0.39 is 0 Å². The molecular formula is C14H24N4. The van der Waals surface area contributed by atoms with Gasteiger partial charge in [-0.2, -0.15) is 0 Å². The molecule has 0 spiro atoms. The van der Waals surface area contributed by atoms with Gasteiger partial charge in [0, 0.05) is 32.4 Å². The van der Waals surface area contributed by atoms with Crippen molar-refractivity contribution in [2.45, 2.75) is 20.3 Å². The number of nitrogen functional groups attached to an aromatic ring is 1. The second kappa shape index (κ2) is 6.05. The Labute approximate surface area is 110 Å². The molecule has 1 aromatic heterocycles. The average Bonchev–Trinajstić information content (AvgIpc) is 2.38. The molecule has 0 atom stereocenters. The van der Waals surface area contributed by atoms with E-state index >= 15 is 0 Å². The second-order valence-corrected chi connectivity index (χ2v) is 5.45. The van der Waals surface area contributed by atoms with Gasteiger partial charge in [0.15, 0.2) is 0 Å². The van der Waals surface area contributed by atoms with Gasteiger partial charge in [0.25, 0.3) is 0 Å². The zero-order valence-corrected chi connectivity index (χ0v) is 11.5. The SMILES string of the molecule is CC(C)CCN1CCN(c2ccncc2N)CC1. The Hall–Kier alpha value is -1.29. The van der Waals surface area contributed by atoms with Crippen molar-refractivity contribution in [2.75, 3.05) is 43.4 Å². The molecule has 100 valence electrons. The van der Waals surface area contributed by atoms with Crippen molar-refractivity contribution >= 4 is 11.4 Å². The summed E-state index contributed by atoms with van der Waals surface area (Å²) in [6, 6.07) is 2.01. The quantitative estimate of drug-likeness (QED) is 0.883. The monoisotopic (exact) mass is 248 g/mol. The maximum Gasteiger partial charge on any atom is 0.0738 e. The number of aromatic nitrogens is 1. The van der Waals surface area contributed by atoms with Crippen LogP contribution in [0.4, 0.5) is 11.4 Å². The molecule has 4 heteroatoms. The molecule has 2 N–H and O–H groups in total. The highest BCUT2D eigenvalue weighted by Gasteiger charge is 2.18. The van der Waals surface area contributed by atoms with E-state index in [1.54, 1.807) is 6.20 Å². The molecule has 4 nitrogen and oxygen atoms in total. The maximum absolute atomic E-state index is 5.97. The van der Waals surface area contributed by atoms with Gasteiger partial charge in [-0.15, -0.1) is 0 Å². The third-order valence-electron chi connectivity index (χ3n) is 3.56. The van der Waals surface area contributed by atoms with E-state index in [1.807, 2.05) is 12.3 Å². The minimum atomic E-state index is 0.785. The lowest BCUT2D eigenvalue weighted by Gasteiger charge is -2.36.